The molecule has 8 heteroatoms. The van der Waals surface area contributed by atoms with Crippen molar-refractivity contribution in [3.05, 3.63) is 70.9 Å². The molecule has 0 spiro atoms. The van der Waals surface area contributed by atoms with Gasteiger partial charge in [0.2, 0.25) is 0 Å². The van der Waals surface area contributed by atoms with Crippen molar-refractivity contribution >= 4 is 17.4 Å². The number of nitrogens with one attached hydrogen (secondary N) is 1. The summed E-state index contributed by atoms with van der Waals surface area (Å²) in [5.74, 6) is -0.850. The highest BCUT2D eigenvalue weighted by atomic mass is 19.3. The van der Waals surface area contributed by atoms with Gasteiger partial charge in [0.15, 0.2) is 0 Å². The molecule has 2 amide bonds. The summed E-state index contributed by atoms with van der Waals surface area (Å²) < 4.78 is 29.4. The standard InChI is InChI=1S/C23H21F2N3O3/c1-14(18-10-5-4-8-16(18)13-26)19-20(29)28(3)23(2,21(30)27-19)12-15-7-6-9-17(11-15)31-22(24)25/h4-11,22H,12H2,1-3H3,(H,27,30). The molecule has 1 saturated heterocycles. The first-order valence-electron chi connectivity index (χ1n) is 9.51. The SMILES string of the molecule is CC(=C1NC(=O)C(C)(Cc2cccc(OC(F)F)c2)N(C)C1=O)c1ccccc1C#N. The zero-order valence-corrected chi connectivity index (χ0v) is 17.3. The Morgan fingerprint density at radius 2 is 1.94 bits per heavy atom. The molecule has 0 aliphatic carbocycles. The number of likely N-dealkylation sites (N-methyl/N-ethyl adjacent to an activating group) is 1. The highest BCUT2D eigenvalue weighted by molar-refractivity contribution is 6.10. The van der Waals surface area contributed by atoms with Gasteiger partial charge in [-0.3, -0.25) is 9.59 Å². The molecule has 160 valence electrons. The highest BCUT2D eigenvalue weighted by Crippen LogP contribution is 2.30. The van der Waals surface area contributed by atoms with E-state index in [1.165, 1.54) is 24.1 Å². The van der Waals surface area contributed by atoms with Gasteiger partial charge in [0.1, 0.15) is 17.0 Å². The van der Waals surface area contributed by atoms with Crippen LogP contribution in [0.15, 0.2) is 54.2 Å². The summed E-state index contributed by atoms with van der Waals surface area (Å²) in [4.78, 5) is 27.6. The Morgan fingerprint density at radius 3 is 2.61 bits per heavy atom. The molecule has 1 aliphatic rings. The highest BCUT2D eigenvalue weighted by Gasteiger charge is 2.46. The largest absolute Gasteiger partial charge is 0.435 e. The predicted molar refractivity (Wildman–Crippen MR) is 110 cm³/mol. The van der Waals surface area contributed by atoms with Gasteiger partial charge in [0.25, 0.3) is 11.8 Å². The zero-order chi connectivity index (χ0) is 22.8. The normalized spacial score (nSPS) is 20.4. The number of carbonyl (C=O) groups excluding carboxylic acids is 2. The van der Waals surface area contributed by atoms with E-state index in [-0.39, 0.29) is 17.9 Å². The van der Waals surface area contributed by atoms with Crippen molar-refractivity contribution in [2.75, 3.05) is 7.05 Å². The van der Waals surface area contributed by atoms with Crippen LogP contribution in [0.25, 0.3) is 5.57 Å². The number of alkyl halides is 2. The Balaban J connectivity index is 1.93. The van der Waals surface area contributed by atoms with Crippen molar-refractivity contribution in [2.24, 2.45) is 0 Å². The lowest BCUT2D eigenvalue weighted by Gasteiger charge is -2.42. The number of ether oxygens (including phenoxy) is 1. The summed E-state index contributed by atoms with van der Waals surface area (Å²) in [6.45, 7) is 0.321. The first-order chi connectivity index (χ1) is 14.7. The van der Waals surface area contributed by atoms with Gasteiger partial charge in [0.05, 0.1) is 11.6 Å². The van der Waals surface area contributed by atoms with Gasteiger partial charge >= 0.3 is 6.61 Å². The molecule has 0 saturated carbocycles. The minimum atomic E-state index is -2.96. The number of allylic oxidation sites excluding steroid dienone is 1. The fourth-order valence-corrected chi connectivity index (χ4v) is 3.57. The van der Waals surface area contributed by atoms with Gasteiger partial charge in [-0.25, -0.2) is 0 Å². The molecule has 0 aromatic heterocycles. The first kappa shape index (κ1) is 22.0. The van der Waals surface area contributed by atoms with Crippen LogP contribution in [0, 0.1) is 11.3 Å². The van der Waals surface area contributed by atoms with Gasteiger partial charge in [0, 0.05) is 13.5 Å². The Bertz CT molecular complexity index is 1110. The number of halogens is 2. The quantitative estimate of drug-likeness (QED) is 0.744. The number of carbonyl (C=O) groups is 2. The lowest BCUT2D eigenvalue weighted by atomic mass is 9.87. The van der Waals surface area contributed by atoms with E-state index in [1.807, 2.05) is 0 Å². The summed E-state index contributed by atoms with van der Waals surface area (Å²) in [6.07, 6.45) is 0.0998. The van der Waals surface area contributed by atoms with Crippen LogP contribution in [0.3, 0.4) is 0 Å². The maximum absolute atomic E-state index is 13.2. The fraction of sp³-hybridized carbons (Fsp3) is 0.261. The predicted octanol–water partition coefficient (Wildman–Crippen LogP) is 3.48. The monoisotopic (exact) mass is 425 g/mol. The molecule has 1 atom stereocenters. The van der Waals surface area contributed by atoms with E-state index in [9.17, 15) is 23.6 Å². The number of benzene rings is 2. The average molecular weight is 425 g/mol. The van der Waals surface area contributed by atoms with Crippen LogP contribution < -0.4 is 10.1 Å². The van der Waals surface area contributed by atoms with E-state index in [0.717, 1.165) is 0 Å². The van der Waals surface area contributed by atoms with E-state index in [2.05, 4.69) is 16.1 Å². The molecule has 6 nitrogen and oxygen atoms in total. The molecular weight excluding hydrogens is 404 g/mol. The third kappa shape index (κ3) is 4.26. The smallest absolute Gasteiger partial charge is 0.387 e. The van der Waals surface area contributed by atoms with Crippen LogP contribution in [0.2, 0.25) is 0 Å². The number of amides is 2. The lowest BCUT2D eigenvalue weighted by Crippen LogP contribution is -2.64. The van der Waals surface area contributed by atoms with E-state index < -0.39 is 24.0 Å². The summed E-state index contributed by atoms with van der Waals surface area (Å²) in [7, 11) is 1.52. The maximum Gasteiger partial charge on any atom is 0.387 e. The number of rotatable bonds is 5. The molecule has 1 heterocycles. The number of piperazine rings is 1. The first-order valence-corrected chi connectivity index (χ1v) is 9.51. The topological polar surface area (TPSA) is 82.4 Å². The molecule has 1 N–H and O–H groups in total. The zero-order valence-electron chi connectivity index (χ0n) is 17.3. The van der Waals surface area contributed by atoms with E-state index >= 15 is 0 Å². The third-order valence-corrected chi connectivity index (χ3v) is 5.48. The van der Waals surface area contributed by atoms with Crippen LogP contribution in [0.4, 0.5) is 8.78 Å². The van der Waals surface area contributed by atoms with Gasteiger partial charge < -0.3 is 15.0 Å². The van der Waals surface area contributed by atoms with Crippen LogP contribution in [0.1, 0.15) is 30.5 Å². The van der Waals surface area contributed by atoms with Gasteiger partial charge in [-0.15, -0.1) is 0 Å². The van der Waals surface area contributed by atoms with Crippen LogP contribution in [0.5, 0.6) is 5.75 Å². The fourth-order valence-electron chi connectivity index (χ4n) is 3.57. The molecule has 1 fully saturated rings. The Labute approximate surface area is 178 Å². The van der Waals surface area contributed by atoms with Crippen molar-refractivity contribution in [1.82, 2.24) is 10.2 Å². The Hall–Kier alpha value is -3.73. The average Bonchev–Trinajstić information content (AvgIpc) is 2.74. The van der Waals surface area contributed by atoms with Gasteiger partial charge in [-0.1, -0.05) is 30.3 Å². The molecule has 2 aromatic carbocycles. The van der Waals surface area contributed by atoms with E-state index in [4.69, 9.17) is 0 Å². The van der Waals surface area contributed by atoms with Crippen molar-refractivity contribution in [3.63, 3.8) is 0 Å². The molecule has 2 aromatic rings. The van der Waals surface area contributed by atoms with Crippen molar-refractivity contribution < 1.29 is 23.1 Å². The van der Waals surface area contributed by atoms with Crippen LogP contribution >= 0.6 is 0 Å². The summed E-state index contributed by atoms with van der Waals surface area (Å²) in [5.41, 5.74) is 0.844. The molecule has 0 radical (unpaired) electrons. The molecule has 0 bridgehead atoms. The second-order valence-corrected chi connectivity index (χ2v) is 7.45. The molecular formula is C23H21F2N3O3. The van der Waals surface area contributed by atoms with Crippen molar-refractivity contribution in [2.45, 2.75) is 32.4 Å². The van der Waals surface area contributed by atoms with E-state index in [1.54, 1.807) is 50.2 Å². The lowest BCUT2D eigenvalue weighted by molar-refractivity contribution is -0.147. The number of hydrogen-bond donors (Lipinski definition) is 1. The maximum atomic E-state index is 13.2. The second-order valence-electron chi connectivity index (χ2n) is 7.45. The minimum absolute atomic E-state index is 0.0224. The van der Waals surface area contributed by atoms with E-state index in [0.29, 0.717) is 22.3 Å². The second kappa shape index (κ2) is 8.56. The summed E-state index contributed by atoms with van der Waals surface area (Å²) >= 11 is 0. The molecule has 1 aliphatic heterocycles. The molecule has 1 unspecified atom stereocenters. The molecule has 3 rings (SSSR count). The number of nitriles is 1. The van der Waals surface area contributed by atoms with Crippen molar-refractivity contribution in [3.8, 4) is 11.8 Å². The third-order valence-electron chi connectivity index (χ3n) is 5.48. The van der Waals surface area contributed by atoms with Crippen LogP contribution in [-0.2, 0) is 16.0 Å². The molecule has 31 heavy (non-hydrogen) atoms. The Morgan fingerprint density at radius 1 is 1.23 bits per heavy atom. The van der Waals surface area contributed by atoms with Gasteiger partial charge in [-0.05, 0) is 48.7 Å². The summed E-state index contributed by atoms with van der Waals surface area (Å²) in [6, 6.07) is 14.9. The Kier molecular flexibility index (Phi) is 6.07. The van der Waals surface area contributed by atoms with Crippen LogP contribution in [-0.4, -0.2) is 35.9 Å². The number of nitrogens with zero attached hydrogens (tertiary/aromatic N) is 2. The summed E-state index contributed by atoms with van der Waals surface area (Å²) in [5, 5.41) is 12.0. The van der Waals surface area contributed by atoms with Crippen molar-refractivity contribution in [1.29, 1.82) is 5.26 Å². The minimum Gasteiger partial charge on any atom is -0.435 e. The number of hydrogen-bond acceptors (Lipinski definition) is 4. The van der Waals surface area contributed by atoms with Gasteiger partial charge in [-0.2, -0.15) is 14.0 Å².